The Kier molecular flexibility index (Phi) is 4.81. The van der Waals surface area contributed by atoms with Crippen LogP contribution < -0.4 is 4.90 Å². The minimum absolute atomic E-state index is 0.129. The van der Waals surface area contributed by atoms with Crippen LogP contribution in [-0.4, -0.2) is 51.8 Å². The molecule has 1 amide bonds. The zero-order valence-electron chi connectivity index (χ0n) is 16.0. The fourth-order valence-electron chi connectivity index (χ4n) is 3.50. The molecule has 0 atom stereocenters. The molecule has 2 aromatic heterocycles. The van der Waals surface area contributed by atoms with E-state index in [0.29, 0.717) is 30.0 Å². The molecule has 28 heavy (non-hydrogen) atoms. The standard InChI is InChI=1S/C21H22FN5O/c1-15-6-7-17(22)16(13-15)19-14-18(24-25(19)2)21(28)27-11-9-26(10-12-27)20-5-3-4-8-23-20/h3-8,13-14H,9-12H2,1-2H3. The van der Waals surface area contributed by atoms with E-state index in [2.05, 4.69) is 15.0 Å². The summed E-state index contributed by atoms with van der Waals surface area (Å²) in [6, 6.07) is 12.4. The number of anilines is 1. The zero-order chi connectivity index (χ0) is 19.7. The van der Waals surface area contributed by atoms with E-state index < -0.39 is 0 Å². The number of carbonyl (C=O) groups is 1. The fourth-order valence-corrected chi connectivity index (χ4v) is 3.50. The second kappa shape index (κ2) is 7.42. The van der Waals surface area contributed by atoms with Crippen LogP contribution in [0.15, 0.2) is 48.7 Å². The predicted molar refractivity (Wildman–Crippen MR) is 106 cm³/mol. The molecule has 1 saturated heterocycles. The number of piperazine rings is 1. The summed E-state index contributed by atoms with van der Waals surface area (Å²) in [5, 5.41) is 4.34. The molecule has 1 fully saturated rings. The molecule has 0 spiro atoms. The van der Waals surface area contributed by atoms with E-state index in [0.717, 1.165) is 24.5 Å². The molecule has 0 radical (unpaired) electrons. The summed E-state index contributed by atoms with van der Waals surface area (Å²) in [6.45, 7) is 4.54. The van der Waals surface area contributed by atoms with E-state index >= 15 is 0 Å². The maximum absolute atomic E-state index is 14.3. The van der Waals surface area contributed by atoms with Crippen molar-refractivity contribution in [1.82, 2.24) is 19.7 Å². The highest BCUT2D eigenvalue weighted by atomic mass is 19.1. The quantitative estimate of drug-likeness (QED) is 0.702. The van der Waals surface area contributed by atoms with Crippen LogP contribution in [-0.2, 0) is 7.05 Å². The summed E-state index contributed by atoms with van der Waals surface area (Å²) in [6.07, 6.45) is 1.77. The summed E-state index contributed by atoms with van der Waals surface area (Å²) in [4.78, 5) is 21.2. The lowest BCUT2D eigenvalue weighted by Crippen LogP contribution is -2.49. The molecule has 1 aliphatic rings. The van der Waals surface area contributed by atoms with E-state index in [9.17, 15) is 9.18 Å². The monoisotopic (exact) mass is 379 g/mol. The number of aromatic nitrogens is 3. The largest absolute Gasteiger partial charge is 0.353 e. The molecule has 0 unspecified atom stereocenters. The molecule has 7 heteroatoms. The van der Waals surface area contributed by atoms with Crippen LogP contribution in [0.25, 0.3) is 11.3 Å². The number of benzene rings is 1. The van der Waals surface area contributed by atoms with Gasteiger partial charge in [0, 0.05) is 45.0 Å². The van der Waals surface area contributed by atoms with Crippen LogP contribution in [0.2, 0.25) is 0 Å². The number of pyridine rings is 1. The highest BCUT2D eigenvalue weighted by Crippen LogP contribution is 2.25. The average Bonchev–Trinajstić information content (AvgIpc) is 3.11. The number of aryl methyl sites for hydroxylation is 2. The van der Waals surface area contributed by atoms with E-state index in [1.165, 1.54) is 6.07 Å². The Bertz CT molecular complexity index is 993. The molecular formula is C21H22FN5O. The van der Waals surface area contributed by atoms with Crippen molar-refractivity contribution in [2.24, 2.45) is 7.05 Å². The number of rotatable bonds is 3. The average molecular weight is 379 g/mol. The van der Waals surface area contributed by atoms with Gasteiger partial charge in [-0.15, -0.1) is 0 Å². The van der Waals surface area contributed by atoms with Crippen molar-refractivity contribution in [3.8, 4) is 11.3 Å². The zero-order valence-corrected chi connectivity index (χ0v) is 16.0. The van der Waals surface area contributed by atoms with Gasteiger partial charge in [-0.3, -0.25) is 9.48 Å². The Morgan fingerprint density at radius 3 is 2.57 bits per heavy atom. The first-order chi connectivity index (χ1) is 13.5. The number of hydrogen-bond acceptors (Lipinski definition) is 4. The Balaban J connectivity index is 1.50. The molecule has 1 aromatic carbocycles. The summed E-state index contributed by atoms with van der Waals surface area (Å²) >= 11 is 0. The van der Waals surface area contributed by atoms with Gasteiger partial charge in [-0.25, -0.2) is 9.37 Å². The SMILES string of the molecule is Cc1ccc(F)c(-c2cc(C(=O)N3CCN(c4ccccn4)CC3)nn2C)c1. The predicted octanol–water partition coefficient (Wildman–Crippen LogP) is 2.89. The highest BCUT2D eigenvalue weighted by Gasteiger charge is 2.25. The third kappa shape index (κ3) is 3.47. The Morgan fingerprint density at radius 1 is 1.07 bits per heavy atom. The summed E-state index contributed by atoms with van der Waals surface area (Å²) < 4.78 is 15.8. The van der Waals surface area contributed by atoms with Crippen LogP contribution in [0.3, 0.4) is 0 Å². The van der Waals surface area contributed by atoms with E-state index in [4.69, 9.17) is 0 Å². The van der Waals surface area contributed by atoms with E-state index in [1.807, 2.05) is 25.1 Å². The van der Waals surface area contributed by atoms with Crippen molar-refractivity contribution in [3.05, 3.63) is 65.7 Å². The molecule has 0 saturated carbocycles. The van der Waals surface area contributed by atoms with Gasteiger partial charge in [-0.05, 0) is 37.3 Å². The Morgan fingerprint density at radius 2 is 1.86 bits per heavy atom. The van der Waals surface area contributed by atoms with Crippen LogP contribution in [0.1, 0.15) is 16.1 Å². The van der Waals surface area contributed by atoms with Gasteiger partial charge in [0.1, 0.15) is 11.6 Å². The van der Waals surface area contributed by atoms with Crippen LogP contribution in [0.5, 0.6) is 0 Å². The lowest BCUT2D eigenvalue weighted by Gasteiger charge is -2.35. The van der Waals surface area contributed by atoms with Crippen LogP contribution >= 0.6 is 0 Å². The summed E-state index contributed by atoms with van der Waals surface area (Å²) in [7, 11) is 1.73. The minimum Gasteiger partial charge on any atom is -0.353 e. The van der Waals surface area contributed by atoms with Crippen LogP contribution in [0.4, 0.5) is 10.2 Å². The van der Waals surface area contributed by atoms with Crippen molar-refractivity contribution in [2.45, 2.75) is 6.92 Å². The van der Waals surface area contributed by atoms with E-state index in [1.54, 1.807) is 41.0 Å². The molecule has 4 rings (SSSR count). The second-order valence-corrected chi connectivity index (χ2v) is 6.99. The highest BCUT2D eigenvalue weighted by molar-refractivity contribution is 5.93. The van der Waals surface area contributed by atoms with E-state index in [-0.39, 0.29) is 11.7 Å². The van der Waals surface area contributed by atoms with Gasteiger partial charge in [0.15, 0.2) is 5.69 Å². The summed E-state index contributed by atoms with van der Waals surface area (Å²) in [5.74, 6) is 0.469. The fraction of sp³-hybridized carbons (Fsp3) is 0.286. The van der Waals surface area contributed by atoms with Gasteiger partial charge in [-0.1, -0.05) is 17.7 Å². The molecule has 0 N–H and O–H groups in total. The molecule has 0 bridgehead atoms. The molecular weight excluding hydrogens is 357 g/mol. The molecule has 1 aliphatic heterocycles. The second-order valence-electron chi connectivity index (χ2n) is 6.99. The van der Waals surface area contributed by atoms with Crippen molar-refractivity contribution in [2.75, 3.05) is 31.1 Å². The van der Waals surface area contributed by atoms with Gasteiger partial charge in [0.2, 0.25) is 0 Å². The number of halogens is 1. The lowest BCUT2D eigenvalue weighted by molar-refractivity contribution is 0.0740. The smallest absolute Gasteiger partial charge is 0.274 e. The third-order valence-corrected chi connectivity index (χ3v) is 5.04. The minimum atomic E-state index is -0.323. The maximum Gasteiger partial charge on any atom is 0.274 e. The Labute approximate surface area is 163 Å². The number of carbonyl (C=O) groups excluding carboxylic acids is 1. The van der Waals surface area contributed by atoms with Crippen LogP contribution in [0, 0.1) is 12.7 Å². The first-order valence-corrected chi connectivity index (χ1v) is 9.29. The number of amides is 1. The van der Waals surface area contributed by atoms with Crippen molar-refractivity contribution < 1.29 is 9.18 Å². The molecule has 3 heterocycles. The van der Waals surface area contributed by atoms with Gasteiger partial charge in [0.25, 0.3) is 5.91 Å². The lowest BCUT2D eigenvalue weighted by atomic mass is 10.1. The van der Waals surface area contributed by atoms with Gasteiger partial charge in [-0.2, -0.15) is 5.10 Å². The number of nitrogens with zero attached hydrogens (tertiary/aromatic N) is 5. The Hall–Kier alpha value is -3.22. The third-order valence-electron chi connectivity index (χ3n) is 5.04. The first-order valence-electron chi connectivity index (χ1n) is 9.29. The molecule has 6 nitrogen and oxygen atoms in total. The van der Waals surface area contributed by atoms with Crippen molar-refractivity contribution in [1.29, 1.82) is 0 Å². The summed E-state index contributed by atoms with van der Waals surface area (Å²) in [5.41, 5.74) is 2.34. The topological polar surface area (TPSA) is 54.3 Å². The number of hydrogen-bond donors (Lipinski definition) is 0. The van der Waals surface area contributed by atoms with Crippen molar-refractivity contribution in [3.63, 3.8) is 0 Å². The van der Waals surface area contributed by atoms with Gasteiger partial charge >= 0.3 is 0 Å². The molecule has 0 aliphatic carbocycles. The first kappa shape index (κ1) is 18.2. The molecule has 144 valence electrons. The normalized spacial score (nSPS) is 14.4. The van der Waals surface area contributed by atoms with Crippen molar-refractivity contribution >= 4 is 11.7 Å². The molecule has 3 aromatic rings. The van der Waals surface area contributed by atoms with Gasteiger partial charge < -0.3 is 9.80 Å². The van der Waals surface area contributed by atoms with Gasteiger partial charge in [0.05, 0.1) is 5.69 Å². The maximum atomic E-state index is 14.3.